The quantitative estimate of drug-likeness (QED) is 0.823. The summed E-state index contributed by atoms with van der Waals surface area (Å²) in [5.74, 6) is -0.510. The first-order chi connectivity index (χ1) is 9.56. The molecule has 2 aromatic rings. The van der Waals surface area contributed by atoms with Crippen LogP contribution in [0.5, 0.6) is 0 Å². The van der Waals surface area contributed by atoms with Crippen molar-refractivity contribution in [3.05, 3.63) is 64.4 Å². The zero-order valence-corrected chi connectivity index (χ0v) is 12.9. The summed E-state index contributed by atoms with van der Waals surface area (Å²) in [6.45, 7) is 0. The maximum Gasteiger partial charge on any atom is 0.150 e. The van der Waals surface area contributed by atoms with Crippen molar-refractivity contribution >= 4 is 32.5 Å². The van der Waals surface area contributed by atoms with Crippen molar-refractivity contribution in [1.29, 1.82) is 0 Å². The molecule has 1 atom stereocenters. The molecule has 0 aliphatic rings. The number of carbonyl (C=O) groups is 1. The van der Waals surface area contributed by atoms with Crippen molar-refractivity contribution in [2.75, 3.05) is 5.75 Å². The highest BCUT2D eigenvalue weighted by Gasteiger charge is 2.13. The van der Waals surface area contributed by atoms with Gasteiger partial charge in [-0.2, -0.15) is 0 Å². The molecule has 0 amide bonds. The van der Waals surface area contributed by atoms with E-state index in [9.17, 15) is 13.4 Å². The summed E-state index contributed by atoms with van der Waals surface area (Å²) in [4.78, 5) is 12.5. The number of ketones is 1. The summed E-state index contributed by atoms with van der Waals surface area (Å²) in [5, 5.41) is 0. The number of hydrogen-bond acceptors (Lipinski definition) is 2. The molecule has 20 heavy (non-hydrogen) atoms. The molecule has 2 nitrogen and oxygen atoms in total. The van der Waals surface area contributed by atoms with E-state index in [4.69, 9.17) is 0 Å². The van der Waals surface area contributed by atoms with Gasteiger partial charge in [0.2, 0.25) is 0 Å². The SMILES string of the molecule is O=C(Cc1ccc(F)cc1)CS(=O)c1ccccc1Br. The minimum Gasteiger partial charge on any atom is -0.298 e. The number of halogens is 2. The second kappa shape index (κ2) is 6.90. The lowest BCUT2D eigenvalue weighted by Crippen LogP contribution is -2.13. The molecule has 2 rings (SSSR count). The highest BCUT2D eigenvalue weighted by molar-refractivity contribution is 9.10. The molecule has 0 aliphatic heterocycles. The Balaban J connectivity index is 2.00. The van der Waals surface area contributed by atoms with Gasteiger partial charge in [-0.25, -0.2) is 4.39 Å². The van der Waals surface area contributed by atoms with Crippen LogP contribution in [0.1, 0.15) is 5.56 Å². The Morgan fingerprint density at radius 3 is 2.40 bits per heavy atom. The van der Waals surface area contributed by atoms with E-state index in [0.717, 1.165) is 10.0 Å². The number of carbonyl (C=O) groups excluding carboxylic acids is 1. The largest absolute Gasteiger partial charge is 0.298 e. The fourth-order valence-corrected chi connectivity index (χ4v) is 3.63. The van der Waals surface area contributed by atoms with E-state index < -0.39 is 10.8 Å². The Labute approximate surface area is 127 Å². The van der Waals surface area contributed by atoms with Crippen molar-refractivity contribution in [2.45, 2.75) is 11.3 Å². The van der Waals surface area contributed by atoms with E-state index in [1.807, 2.05) is 6.07 Å². The van der Waals surface area contributed by atoms with Crippen molar-refractivity contribution in [2.24, 2.45) is 0 Å². The second-order valence-electron chi connectivity index (χ2n) is 4.26. The normalized spacial score (nSPS) is 12.1. The summed E-state index contributed by atoms with van der Waals surface area (Å²) in [6.07, 6.45) is 0.163. The molecule has 5 heteroatoms. The summed E-state index contributed by atoms with van der Waals surface area (Å²) in [6, 6.07) is 12.9. The Morgan fingerprint density at radius 2 is 1.75 bits per heavy atom. The second-order valence-corrected chi connectivity index (χ2v) is 6.54. The van der Waals surface area contributed by atoms with Gasteiger partial charge in [0.15, 0.2) is 0 Å². The predicted molar refractivity (Wildman–Crippen MR) is 80.5 cm³/mol. The van der Waals surface area contributed by atoms with Gasteiger partial charge in [-0.3, -0.25) is 9.00 Å². The highest BCUT2D eigenvalue weighted by Crippen LogP contribution is 2.20. The number of hydrogen-bond donors (Lipinski definition) is 0. The van der Waals surface area contributed by atoms with E-state index in [0.29, 0.717) is 4.90 Å². The number of rotatable bonds is 5. The van der Waals surface area contributed by atoms with E-state index >= 15 is 0 Å². The van der Waals surface area contributed by atoms with Crippen LogP contribution in [0.25, 0.3) is 0 Å². The van der Waals surface area contributed by atoms with Gasteiger partial charge in [-0.05, 0) is 45.8 Å². The molecule has 0 N–H and O–H groups in total. The van der Waals surface area contributed by atoms with E-state index in [1.165, 1.54) is 12.1 Å². The predicted octanol–water partition coefficient (Wildman–Crippen LogP) is 3.51. The maximum atomic E-state index is 12.8. The zero-order valence-electron chi connectivity index (χ0n) is 10.5. The van der Waals surface area contributed by atoms with Crippen LogP contribution in [0.4, 0.5) is 4.39 Å². The Morgan fingerprint density at radius 1 is 1.10 bits per heavy atom. The summed E-state index contributed by atoms with van der Waals surface area (Å²) in [5.41, 5.74) is 0.723. The monoisotopic (exact) mass is 354 g/mol. The van der Waals surface area contributed by atoms with Gasteiger partial charge in [-0.1, -0.05) is 24.3 Å². The van der Waals surface area contributed by atoms with E-state index in [1.54, 1.807) is 30.3 Å². The van der Waals surface area contributed by atoms with E-state index in [2.05, 4.69) is 15.9 Å². The van der Waals surface area contributed by atoms with Crippen molar-refractivity contribution in [1.82, 2.24) is 0 Å². The van der Waals surface area contributed by atoms with Crippen molar-refractivity contribution in [3.63, 3.8) is 0 Å². The lowest BCUT2D eigenvalue weighted by molar-refractivity contribution is -0.116. The molecule has 0 spiro atoms. The third kappa shape index (κ3) is 4.08. The summed E-state index contributed by atoms with van der Waals surface area (Å²) < 4.78 is 25.6. The zero-order chi connectivity index (χ0) is 14.5. The molecule has 0 radical (unpaired) electrons. The first-order valence-corrected chi connectivity index (χ1v) is 8.06. The molecule has 1 unspecified atom stereocenters. The molecular formula is C15H12BrFO2S. The van der Waals surface area contributed by atoms with Crippen LogP contribution in [0, 0.1) is 5.82 Å². The van der Waals surface area contributed by atoms with Gasteiger partial charge in [0.1, 0.15) is 11.6 Å². The molecule has 0 bridgehead atoms. The summed E-state index contributed by atoms with van der Waals surface area (Å²) in [7, 11) is -1.37. The fourth-order valence-electron chi connectivity index (χ4n) is 1.73. The molecule has 2 aromatic carbocycles. The third-order valence-corrected chi connectivity index (χ3v) is 5.07. The Kier molecular flexibility index (Phi) is 5.20. The minimum atomic E-state index is -1.37. The van der Waals surface area contributed by atoms with Crippen LogP contribution in [0.15, 0.2) is 57.9 Å². The van der Waals surface area contributed by atoms with Crippen LogP contribution < -0.4 is 0 Å². The standard InChI is InChI=1S/C15H12BrFO2S/c16-14-3-1-2-4-15(14)20(19)10-13(18)9-11-5-7-12(17)8-6-11/h1-8H,9-10H2. The van der Waals surface area contributed by atoms with Crippen LogP contribution >= 0.6 is 15.9 Å². The lowest BCUT2D eigenvalue weighted by atomic mass is 10.1. The van der Waals surface area contributed by atoms with Crippen molar-refractivity contribution < 1.29 is 13.4 Å². The van der Waals surface area contributed by atoms with E-state index in [-0.39, 0.29) is 23.8 Å². The van der Waals surface area contributed by atoms with Gasteiger partial charge in [0.25, 0.3) is 0 Å². The molecule has 0 aromatic heterocycles. The first kappa shape index (κ1) is 15.1. The van der Waals surface area contributed by atoms with Crippen LogP contribution in [0.2, 0.25) is 0 Å². The molecule has 0 saturated heterocycles. The van der Waals surface area contributed by atoms with Gasteiger partial charge >= 0.3 is 0 Å². The van der Waals surface area contributed by atoms with Gasteiger partial charge < -0.3 is 0 Å². The van der Waals surface area contributed by atoms with Gasteiger partial charge in [-0.15, -0.1) is 0 Å². The smallest absolute Gasteiger partial charge is 0.150 e. The lowest BCUT2D eigenvalue weighted by Gasteiger charge is -2.04. The average Bonchev–Trinajstić information content (AvgIpc) is 2.41. The topological polar surface area (TPSA) is 34.1 Å². The number of Topliss-reactive ketones (excluding diaryl/α,β-unsaturated/α-hetero) is 1. The molecule has 0 fully saturated rings. The van der Waals surface area contributed by atoms with Crippen LogP contribution in [0.3, 0.4) is 0 Å². The molecule has 104 valence electrons. The Hall–Kier alpha value is -1.33. The van der Waals surface area contributed by atoms with Crippen molar-refractivity contribution in [3.8, 4) is 0 Å². The summed E-state index contributed by atoms with van der Waals surface area (Å²) >= 11 is 3.32. The Bertz CT molecular complexity index is 641. The van der Waals surface area contributed by atoms with Gasteiger partial charge in [0, 0.05) is 10.9 Å². The molecule has 0 heterocycles. The van der Waals surface area contributed by atoms with Crippen LogP contribution in [-0.2, 0) is 22.0 Å². The highest BCUT2D eigenvalue weighted by atomic mass is 79.9. The van der Waals surface area contributed by atoms with Crippen LogP contribution in [-0.4, -0.2) is 15.7 Å². The molecule has 0 saturated carbocycles. The fraction of sp³-hybridized carbons (Fsp3) is 0.133. The minimum absolute atomic E-state index is 0.0417. The average molecular weight is 355 g/mol. The molecule has 0 aliphatic carbocycles. The molecular weight excluding hydrogens is 343 g/mol. The van der Waals surface area contributed by atoms with Gasteiger partial charge in [0.05, 0.1) is 21.4 Å². The first-order valence-electron chi connectivity index (χ1n) is 5.95. The maximum absolute atomic E-state index is 12.8. The third-order valence-electron chi connectivity index (χ3n) is 2.69. The number of benzene rings is 2.